The van der Waals surface area contributed by atoms with Gasteiger partial charge in [-0.05, 0) is 42.7 Å². The summed E-state index contributed by atoms with van der Waals surface area (Å²) in [6.07, 6.45) is 0.647. The van der Waals surface area contributed by atoms with Crippen LogP contribution in [0.2, 0.25) is 5.02 Å². The Labute approximate surface area is 150 Å². The Morgan fingerprint density at radius 2 is 1.96 bits per heavy atom. The summed E-state index contributed by atoms with van der Waals surface area (Å²) in [6, 6.07) is 10.5. The summed E-state index contributed by atoms with van der Waals surface area (Å²) in [5, 5.41) is 0.609. The van der Waals surface area contributed by atoms with Gasteiger partial charge in [0, 0.05) is 0 Å². The average molecular weight is 360 g/mol. The number of aromatic nitrogens is 2. The molecule has 0 radical (unpaired) electrons. The van der Waals surface area contributed by atoms with Crippen molar-refractivity contribution < 1.29 is 4.39 Å². The Hall–Kier alpha value is -2.24. The van der Waals surface area contributed by atoms with Gasteiger partial charge >= 0.3 is 0 Å². The molecule has 0 unspecified atom stereocenters. The highest BCUT2D eigenvalue weighted by atomic mass is 35.5. The fraction of sp³-hybridized carbons (Fsp3) is 0.263. The molecule has 6 heteroatoms. The quantitative estimate of drug-likeness (QED) is 0.758. The zero-order valence-corrected chi connectivity index (χ0v) is 14.8. The predicted molar refractivity (Wildman–Crippen MR) is 98.7 cm³/mol. The summed E-state index contributed by atoms with van der Waals surface area (Å²) in [5.41, 5.74) is 6.84. The number of halogens is 2. The molecular formula is C19H19ClFN3O. The van der Waals surface area contributed by atoms with E-state index in [1.165, 1.54) is 16.7 Å². The van der Waals surface area contributed by atoms with E-state index in [-0.39, 0.29) is 5.56 Å². The second-order valence-corrected chi connectivity index (χ2v) is 6.87. The van der Waals surface area contributed by atoms with Crippen LogP contribution in [0, 0.1) is 11.7 Å². The van der Waals surface area contributed by atoms with Crippen molar-refractivity contribution in [2.24, 2.45) is 11.7 Å². The Kier molecular flexibility index (Phi) is 4.88. The van der Waals surface area contributed by atoms with Crippen LogP contribution in [0.5, 0.6) is 0 Å². The standard InChI is InChI=1S/C19H19ClFN3O/c1-11(2)9-15(22)18-23-16-8-4-7-14(20)17(16)19(25)24(18)13-6-3-5-12(21)10-13/h3-8,10-11,15H,9,22H2,1-2H3/t15-/m0/s1. The molecule has 0 spiro atoms. The Morgan fingerprint density at radius 1 is 1.24 bits per heavy atom. The van der Waals surface area contributed by atoms with Gasteiger partial charge in [-0.2, -0.15) is 0 Å². The first-order valence-corrected chi connectivity index (χ1v) is 8.49. The lowest BCUT2D eigenvalue weighted by atomic mass is 10.0. The molecule has 0 aliphatic rings. The molecule has 0 aliphatic carbocycles. The molecule has 0 fully saturated rings. The van der Waals surface area contributed by atoms with E-state index in [1.54, 1.807) is 30.3 Å². The van der Waals surface area contributed by atoms with Crippen LogP contribution in [0.15, 0.2) is 47.3 Å². The minimum Gasteiger partial charge on any atom is -0.321 e. The molecule has 3 rings (SSSR count). The Balaban J connectivity index is 2.36. The largest absolute Gasteiger partial charge is 0.321 e. The van der Waals surface area contributed by atoms with Gasteiger partial charge in [0.2, 0.25) is 0 Å². The smallest absolute Gasteiger partial charge is 0.267 e. The number of benzene rings is 2. The van der Waals surface area contributed by atoms with Crippen molar-refractivity contribution in [2.45, 2.75) is 26.3 Å². The molecule has 0 saturated heterocycles. The summed E-state index contributed by atoms with van der Waals surface area (Å²) in [5.74, 6) is 0.286. The van der Waals surface area contributed by atoms with Gasteiger partial charge in [-0.15, -0.1) is 0 Å². The lowest BCUT2D eigenvalue weighted by molar-refractivity contribution is 0.485. The summed E-state index contributed by atoms with van der Waals surface area (Å²) < 4.78 is 15.1. The van der Waals surface area contributed by atoms with Gasteiger partial charge in [-0.1, -0.05) is 37.6 Å². The molecule has 25 heavy (non-hydrogen) atoms. The van der Waals surface area contributed by atoms with Crippen molar-refractivity contribution in [1.29, 1.82) is 0 Å². The van der Waals surface area contributed by atoms with Crippen molar-refractivity contribution in [3.05, 3.63) is 69.5 Å². The van der Waals surface area contributed by atoms with E-state index in [1.807, 2.05) is 13.8 Å². The maximum atomic E-state index is 13.7. The molecule has 0 amide bonds. The molecule has 0 saturated carbocycles. The summed E-state index contributed by atoms with van der Waals surface area (Å²) in [7, 11) is 0. The maximum Gasteiger partial charge on any atom is 0.267 e. The molecule has 2 N–H and O–H groups in total. The Bertz CT molecular complexity index is 984. The fourth-order valence-electron chi connectivity index (χ4n) is 2.93. The van der Waals surface area contributed by atoms with Gasteiger partial charge in [0.1, 0.15) is 11.6 Å². The number of hydrogen-bond acceptors (Lipinski definition) is 3. The molecule has 4 nitrogen and oxygen atoms in total. The third-order valence-corrected chi connectivity index (χ3v) is 4.31. The molecule has 0 bridgehead atoms. The van der Waals surface area contributed by atoms with Gasteiger partial charge in [-0.25, -0.2) is 9.37 Å². The van der Waals surface area contributed by atoms with E-state index >= 15 is 0 Å². The lowest BCUT2D eigenvalue weighted by Gasteiger charge is -2.20. The van der Waals surface area contributed by atoms with Gasteiger partial charge < -0.3 is 5.73 Å². The third-order valence-electron chi connectivity index (χ3n) is 4.00. The first kappa shape index (κ1) is 17.6. The second-order valence-electron chi connectivity index (χ2n) is 6.46. The molecule has 1 heterocycles. The zero-order valence-electron chi connectivity index (χ0n) is 14.0. The van der Waals surface area contributed by atoms with Gasteiger partial charge in [0.25, 0.3) is 5.56 Å². The van der Waals surface area contributed by atoms with Crippen molar-refractivity contribution in [1.82, 2.24) is 9.55 Å². The first-order chi connectivity index (χ1) is 11.9. The molecule has 130 valence electrons. The highest BCUT2D eigenvalue weighted by molar-refractivity contribution is 6.35. The van der Waals surface area contributed by atoms with Crippen LogP contribution in [0.25, 0.3) is 16.6 Å². The number of nitrogens with zero attached hydrogens (tertiary/aromatic N) is 2. The van der Waals surface area contributed by atoms with E-state index in [9.17, 15) is 9.18 Å². The monoisotopic (exact) mass is 359 g/mol. The minimum absolute atomic E-state index is 0.300. The Morgan fingerprint density at radius 3 is 2.64 bits per heavy atom. The summed E-state index contributed by atoms with van der Waals surface area (Å²) >= 11 is 6.21. The molecule has 0 aliphatic heterocycles. The number of hydrogen-bond donors (Lipinski definition) is 1. The van der Waals surface area contributed by atoms with Crippen LogP contribution >= 0.6 is 11.6 Å². The number of rotatable bonds is 4. The van der Waals surface area contributed by atoms with Crippen LogP contribution in [-0.4, -0.2) is 9.55 Å². The van der Waals surface area contributed by atoms with E-state index in [4.69, 9.17) is 17.3 Å². The maximum absolute atomic E-state index is 13.7. The first-order valence-electron chi connectivity index (χ1n) is 8.11. The highest BCUT2D eigenvalue weighted by Gasteiger charge is 2.20. The molecule has 1 aromatic heterocycles. The van der Waals surface area contributed by atoms with Gasteiger partial charge in [0.15, 0.2) is 0 Å². The van der Waals surface area contributed by atoms with Gasteiger partial charge in [-0.3, -0.25) is 9.36 Å². The van der Waals surface area contributed by atoms with Crippen molar-refractivity contribution in [2.75, 3.05) is 0 Å². The molecular weight excluding hydrogens is 341 g/mol. The molecule has 1 atom stereocenters. The summed E-state index contributed by atoms with van der Waals surface area (Å²) in [6.45, 7) is 4.09. The van der Waals surface area contributed by atoms with Crippen LogP contribution < -0.4 is 11.3 Å². The number of nitrogens with two attached hydrogens (primary N) is 1. The van der Waals surface area contributed by atoms with Gasteiger partial charge in [0.05, 0.1) is 27.7 Å². The topological polar surface area (TPSA) is 60.9 Å². The SMILES string of the molecule is CC(C)C[C@H](N)c1nc2cccc(Cl)c2c(=O)n1-c1cccc(F)c1. The average Bonchev–Trinajstić information content (AvgIpc) is 2.53. The second kappa shape index (κ2) is 6.94. The predicted octanol–water partition coefficient (Wildman–Crippen LogP) is 4.22. The third kappa shape index (κ3) is 3.43. The normalized spacial score (nSPS) is 12.7. The van der Waals surface area contributed by atoms with E-state index in [0.717, 1.165) is 0 Å². The fourth-order valence-corrected chi connectivity index (χ4v) is 3.18. The number of fused-ring (bicyclic) bond motifs is 1. The van der Waals surface area contributed by atoms with Crippen LogP contribution in [0.3, 0.4) is 0 Å². The highest BCUT2D eigenvalue weighted by Crippen LogP contribution is 2.24. The van der Waals surface area contributed by atoms with Crippen molar-refractivity contribution >= 4 is 22.5 Å². The zero-order chi connectivity index (χ0) is 18.1. The van der Waals surface area contributed by atoms with Crippen LogP contribution in [0.4, 0.5) is 4.39 Å². The van der Waals surface area contributed by atoms with Crippen molar-refractivity contribution in [3.63, 3.8) is 0 Å². The summed E-state index contributed by atoms with van der Waals surface area (Å²) in [4.78, 5) is 17.7. The lowest BCUT2D eigenvalue weighted by Crippen LogP contribution is -2.29. The van der Waals surface area contributed by atoms with E-state index in [0.29, 0.717) is 39.8 Å². The van der Waals surface area contributed by atoms with Crippen LogP contribution in [-0.2, 0) is 0 Å². The van der Waals surface area contributed by atoms with E-state index in [2.05, 4.69) is 4.98 Å². The van der Waals surface area contributed by atoms with Crippen LogP contribution in [0.1, 0.15) is 32.1 Å². The minimum atomic E-state index is -0.459. The van der Waals surface area contributed by atoms with Crippen molar-refractivity contribution in [3.8, 4) is 5.69 Å². The van der Waals surface area contributed by atoms with E-state index < -0.39 is 11.9 Å². The molecule has 3 aromatic rings. The molecule has 2 aromatic carbocycles.